The first kappa shape index (κ1) is 12.4. The molecule has 0 aliphatic heterocycles. The maximum absolute atomic E-state index is 10.5. The molecule has 0 saturated heterocycles. The van der Waals surface area contributed by atoms with E-state index in [1.807, 2.05) is 20.8 Å². The fourth-order valence-electron chi connectivity index (χ4n) is 1.39. The predicted molar refractivity (Wildman–Crippen MR) is 50.6 cm³/mol. The molecule has 0 saturated carbocycles. The zero-order chi connectivity index (χ0) is 10.4. The number of carboxylic acid groups (broad SMARTS) is 1. The first-order chi connectivity index (χ1) is 6.02. The molecule has 0 aliphatic carbocycles. The van der Waals surface area contributed by atoms with Crippen LogP contribution in [0.3, 0.4) is 0 Å². The van der Waals surface area contributed by atoms with E-state index in [1.165, 1.54) is 0 Å². The van der Waals surface area contributed by atoms with Crippen molar-refractivity contribution >= 4 is 5.97 Å². The first-order valence-electron chi connectivity index (χ1n) is 4.59. The zero-order valence-electron chi connectivity index (χ0n) is 8.53. The largest absolute Gasteiger partial charge is 0.480 e. The molecule has 2 N–H and O–H groups in total. The van der Waals surface area contributed by atoms with Crippen molar-refractivity contribution < 1.29 is 15.0 Å². The fraction of sp³-hybridized carbons (Fsp3) is 0.889. The molecule has 13 heavy (non-hydrogen) atoms. The van der Waals surface area contributed by atoms with Gasteiger partial charge in [-0.25, -0.2) is 0 Å². The Labute approximate surface area is 79.2 Å². The number of hydrogen-bond acceptors (Lipinski definition) is 3. The van der Waals surface area contributed by atoms with Crippen LogP contribution in [0.15, 0.2) is 0 Å². The van der Waals surface area contributed by atoms with Crippen LogP contribution in [0.2, 0.25) is 0 Å². The lowest BCUT2D eigenvalue weighted by atomic mass is 10.0. The number of aliphatic carboxylic acids is 1. The van der Waals surface area contributed by atoms with Crippen LogP contribution in [0.5, 0.6) is 0 Å². The number of aliphatic hydroxyl groups is 1. The lowest BCUT2D eigenvalue weighted by Crippen LogP contribution is -2.44. The molecule has 4 heteroatoms. The Balaban J connectivity index is 4.25. The van der Waals surface area contributed by atoms with Crippen LogP contribution in [0.1, 0.15) is 20.8 Å². The molecule has 78 valence electrons. The summed E-state index contributed by atoms with van der Waals surface area (Å²) < 4.78 is 0. The van der Waals surface area contributed by atoms with Gasteiger partial charge in [0.25, 0.3) is 0 Å². The topological polar surface area (TPSA) is 60.8 Å². The molecule has 0 spiro atoms. The smallest absolute Gasteiger partial charge is 0.317 e. The number of rotatable bonds is 6. The second-order valence-electron chi connectivity index (χ2n) is 3.45. The van der Waals surface area contributed by atoms with E-state index in [2.05, 4.69) is 0 Å². The van der Waals surface area contributed by atoms with Crippen LogP contribution in [-0.2, 0) is 4.79 Å². The summed E-state index contributed by atoms with van der Waals surface area (Å²) in [5.74, 6) is -0.578. The zero-order valence-corrected chi connectivity index (χ0v) is 8.53. The van der Waals surface area contributed by atoms with Gasteiger partial charge in [-0.2, -0.15) is 0 Å². The van der Waals surface area contributed by atoms with E-state index in [4.69, 9.17) is 10.2 Å². The molecule has 0 rings (SSSR count). The molecule has 0 aromatic rings. The van der Waals surface area contributed by atoms with Crippen LogP contribution in [0.25, 0.3) is 0 Å². The summed E-state index contributed by atoms with van der Waals surface area (Å²) in [7, 11) is 0. The highest BCUT2D eigenvalue weighted by molar-refractivity contribution is 5.69. The van der Waals surface area contributed by atoms with Crippen molar-refractivity contribution in [3.05, 3.63) is 0 Å². The van der Waals surface area contributed by atoms with E-state index in [-0.39, 0.29) is 25.1 Å². The van der Waals surface area contributed by atoms with Crippen molar-refractivity contribution in [3.8, 4) is 0 Å². The second-order valence-corrected chi connectivity index (χ2v) is 3.45. The number of hydrogen-bond donors (Lipinski definition) is 2. The van der Waals surface area contributed by atoms with Gasteiger partial charge in [0.05, 0.1) is 13.2 Å². The maximum Gasteiger partial charge on any atom is 0.317 e. The van der Waals surface area contributed by atoms with E-state index in [0.717, 1.165) is 0 Å². The Morgan fingerprint density at radius 2 is 2.00 bits per heavy atom. The predicted octanol–water partition coefficient (Wildman–Crippen LogP) is 0.410. The van der Waals surface area contributed by atoms with Gasteiger partial charge in [0.15, 0.2) is 0 Å². The standard InChI is InChI=1S/C9H19NO3/c1-4-10(5-9(12)13)8(6-11)7(2)3/h7-8,11H,4-6H2,1-3H3,(H,12,13). The molecule has 0 bridgehead atoms. The highest BCUT2D eigenvalue weighted by atomic mass is 16.4. The molecule has 0 heterocycles. The lowest BCUT2D eigenvalue weighted by molar-refractivity contribution is -0.139. The average Bonchev–Trinajstić information content (AvgIpc) is 2.02. The molecular weight excluding hydrogens is 170 g/mol. The van der Waals surface area contributed by atoms with Crippen molar-refractivity contribution in [1.29, 1.82) is 0 Å². The molecule has 0 aromatic carbocycles. The van der Waals surface area contributed by atoms with Gasteiger partial charge in [0, 0.05) is 6.04 Å². The van der Waals surface area contributed by atoms with Crippen molar-refractivity contribution in [3.63, 3.8) is 0 Å². The molecule has 0 aromatic heterocycles. The highest BCUT2D eigenvalue weighted by Crippen LogP contribution is 2.09. The van der Waals surface area contributed by atoms with Crippen LogP contribution in [0, 0.1) is 5.92 Å². The molecule has 1 unspecified atom stereocenters. The van der Waals surface area contributed by atoms with Gasteiger partial charge in [0.2, 0.25) is 0 Å². The van der Waals surface area contributed by atoms with E-state index in [0.29, 0.717) is 6.54 Å². The number of carboxylic acids is 1. The van der Waals surface area contributed by atoms with Crippen molar-refractivity contribution in [2.24, 2.45) is 5.92 Å². The summed E-state index contributed by atoms with van der Waals surface area (Å²) in [6.45, 7) is 6.51. The summed E-state index contributed by atoms with van der Waals surface area (Å²) in [5.41, 5.74) is 0. The number of aliphatic hydroxyl groups excluding tert-OH is 1. The van der Waals surface area contributed by atoms with Crippen LogP contribution in [0.4, 0.5) is 0 Å². The summed E-state index contributed by atoms with van der Waals surface area (Å²) in [5, 5.41) is 17.7. The van der Waals surface area contributed by atoms with Gasteiger partial charge in [-0.1, -0.05) is 20.8 Å². The third-order valence-corrected chi connectivity index (χ3v) is 2.17. The third kappa shape index (κ3) is 4.24. The van der Waals surface area contributed by atoms with Crippen molar-refractivity contribution in [2.45, 2.75) is 26.8 Å². The summed E-state index contributed by atoms with van der Waals surface area (Å²) in [6, 6.07) is -0.0545. The quantitative estimate of drug-likeness (QED) is 0.635. The molecule has 0 amide bonds. The van der Waals surface area contributed by atoms with E-state index in [9.17, 15) is 4.79 Å². The Morgan fingerprint density at radius 1 is 1.46 bits per heavy atom. The summed E-state index contributed by atoms with van der Waals surface area (Å²) >= 11 is 0. The van der Waals surface area contributed by atoms with Gasteiger partial charge >= 0.3 is 5.97 Å². The Hall–Kier alpha value is -0.610. The normalized spacial score (nSPS) is 13.7. The van der Waals surface area contributed by atoms with E-state index >= 15 is 0 Å². The summed E-state index contributed by atoms with van der Waals surface area (Å²) in [6.07, 6.45) is 0. The van der Waals surface area contributed by atoms with E-state index in [1.54, 1.807) is 4.90 Å². The molecule has 4 nitrogen and oxygen atoms in total. The number of nitrogens with zero attached hydrogens (tertiary/aromatic N) is 1. The van der Waals surface area contributed by atoms with Crippen LogP contribution < -0.4 is 0 Å². The average molecular weight is 189 g/mol. The molecular formula is C9H19NO3. The Bertz CT molecular complexity index is 159. The number of likely N-dealkylation sites (N-methyl/N-ethyl adjacent to an activating group) is 1. The van der Waals surface area contributed by atoms with Crippen molar-refractivity contribution in [2.75, 3.05) is 19.7 Å². The molecule has 1 atom stereocenters. The molecule has 0 radical (unpaired) electrons. The minimum Gasteiger partial charge on any atom is -0.480 e. The lowest BCUT2D eigenvalue weighted by Gasteiger charge is -2.30. The van der Waals surface area contributed by atoms with Gasteiger partial charge in [0.1, 0.15) is 0 Å². The summed E-state index contributed by atoms with van der Waals surface area (Å²) in [4.78, 5) is 12.3. The maximum atomic E-state index is 10.5. The second kappa shape index (κ2) is 5.94. The molecule has 0 aliphatic rings. The van der Waals surface area contributed by atoms with Crippen LogP contribution in [-0.4, -0.2) is 46.8 Å². The van der Waals surface area contributed by atoms with Gasteiger partial charge < -0.3 is 10.2 Å². The first-order valence-corrected chi connectivity index (χ1v) is 4.59. The highest BCUT2D eigenvalue weighted by Gasteiger charge is 2.21. The monoisotopic (exact) mass is 189 g/mol. The molecule has 0 fully saturated rings. The van der Waals surface area contributed by atoms with Gasteiger partial charge in [-0.05, 0) is 12.5 Å². The van der Waals surface area contributed by atoms with E-state index < -0.39 is 5.97 Å². The van der Waals surface area contributed by atoms with Gasteiger partial charge in [-0.3, -0.25) is 9.69 Å². The van der Waals surface area contributed by atoms with Gasteiger partial charge in [-0.15, -0.1) is 0 Å². The fourth-order valence-corrected chi connectivity index (χ4v) is 1.39. The van der Waals surface area contributed by atoms with Crippen molar-refractivity contribution in [1.82, 2.24) is 4.90 Å². The SMILES string of the molecule is CCN(CC(=O)O)C(CO)C(C)C. The van der Waals surface area contributed by atoms with Crippen LogP contribution >= 0.6 is 0 Å². The third-order valence-electron chi connectivity index (χ3n) is 2.17. The minimum absolute atomic E-state index is 0.0000926. The Morgan fingerprint density at radius 3 is 2.23 bits per heavy atom. The Kier molecular flexibility index (Phi) is 5.66. The minimum atomic E-state index is -0.846. The number of carbonyl (C=O) groups is 1.